The fourth-order valence-electron chi connectivity index (χ4n) is 2.01. The van der Waals surface area contributed by atoms with Gasteiger partial charge in [0.05, 0.1) is 18.7 Å². The Morgan fingerprint density at radius 2 is 2.16 bits per heavy atom. The van der Waals surface area contributed by atoms with E-state index in [1.807, 2.05) is 0 Å². The van der Waals surface area contributed by atoms with Gasteiger partial charge in [-0.05, 0) is 40.1 Å². The van der Waals surface area contributed by atoms with Crippen molar-refractivity contribution in [1.82, 2.24) is 4.90 Å². The molecule has 0 aromatic carbocycles. The lowest BCUT2D eigenvalue weighted by atomic mass is 10.1. The summed E-state index contributed by atoms with van der Waals surface area (Å²) in [6.07, 6.45) is -0.458. The van der Waals surface area contributed by atoms with Crippen LogP contribution < -0.4 is 0 Å². The van der Waals surface area contributed by atoms with Crippen LogP contribution in [0.4, 0.5) is 4.79 Å². The Morgan fingerprint density at radius 1 is 1.58 bits per heavy atom. The van der Waals surface area contributed by atoms with Crippen LogP contribution in [-0.2, 0) is 9.47 Å². The number of hydrogen-bond acceptors (Lipinski definition) is 4. The molecule has 1 aliphatic rings. The van der Waals surface area contributed by atoms with Crippen molar-refractivity contribution in [3.05, 3.63) is 10.4 Å². The molecule has 1 rings (SSSR count). The summed E-state index contributed by atoms with van der Waals surface area (Å²) in [5, 5.41) is 3.65. The summed E-state index contributed by atoms with van der Waals surface area (Å²) in [6.45, 7) is 11.1. The zero-order valence-corrected chi connectivity index (χ0v) is 12.4. The van der Waals surface area contributed by atoms with Gasteiger partial charge in [-0.2, -0.15) is 0 Å². The van der Waals surface area contributed by atoms with Crippen molar-refractivity contribution in [3.63, 3.8) is 0 Å². The quantitative estimate of drug-likeness (QED) is 0.439. The third-order valence-electron chi connectivity index (χ3n) is 2.90. The molecule has 0 saturated carbocycles. The second-order valence-electron chi connectivity index (χ2n) is 6.12. The lowest BCUT2D eigenvalue weighted by Gasteiger charge is -2.36. The number of azide groups is 1. The standard InChI is InChI=1S/C12H22N4O3/c1-8(14-15-13)9-7-18-12(5,6)16(9)10(17)19-11(2,3)4/h8-9H,7H2,1-6H3/t8-,9-/m0/s1. The zero-order chi connectivity index (χ0) is 14.8. The summed E-state index contributed by atoms with van der Waals surface area (Å²) in [6, 6.07) is -0.694. The Kier molecular flexibility index (Phi) is 4.32. The van der Waals surface area contributed by atoms with E-state index in [-0.39, 0.29) is 12.1 Å². The normalized spacial score (nSPS) is 23.7. The molecule has 0 aliphatic carbocycles. The van der Waals surface area contributed by atoms with Gasteiger partial charge >= 0.3 is 6.09 Å². The van der Waals surface area contributed by atoms with E-state index in [0.717, 1.165) is 0 Å². The van der Waals surface area contributed by atoms with Gasteiger partial charge in [-0.3, -0.25) is 4.90 Å². The molecule has 0 aromatic heterocycles. The number of rotatable bonds is 2. The summed E-state index contributed by atoms with van der Waals surface area (Å²) in [5.74, 6) is 0. The lowest BCUT2D eigenvalue weighted by molar-refractivity contribution is -0.0630. The van der Waals surface area contributed by atoms with Crippen LogP contribution in [0.25, 0.3) is 10.4 Å². The van der Waals surface area contributed by atoms with E-state index in [9.17, 15) is 4.79 Å². The zero-order valence-electron chi connectivity index (χ0n) is 12.4. The molecule has 2 atom stereocenters. The van der Waals surface area contributed by atoms with E-state index < -0.39 is 17.4 Å². The number of nitrogens with zero attached hydrogens (tertiary/aromatic N) is 4. The monoisotopic (exact) mass is 270 g/mol. The molecular formula is C12H22N4O3. The van der Waals surface area contributed by atoms with Gasteiger partial charge in [0.25, 0.3) is 0 Å². The van der Waals surface area contributed by atoms with Gasteiger partial charge in [0, 0.05) is 4.91 Å². The second-order valence-corrected chi connectivity index (χ2v) is 6.12. The van der Waals surface area contributed by atoms with Crippen molar-refractivity contribution in [1.29, 1.82) is 0 Å². The van der Waals surface area contributed by atoms with Gasteiger partial charge in [-0.15, -0.1) is 0 Å². The van der Waals surface area contributed by atoms with Crippen molar-refractivity contribution in [2.45, 2.75) is 65.0 Å². The largest absolute Gasteiger partial charge is 0.444 e. The molecule has 7 nitrogen and oxygen atoms in total. The molecule has 108 valence electrons. The summed E-state index contributed by atoms with van der Waals surface area (Å²) < 4.78 is 11.0. The SMILES string of the molecule is C[C@H](N=[N+]=[N-])[C@@H]1COC(C)(C)N1C(=O)OC(C)(C)C. The first-order valence-corrected chi connectivity index (χ1v) is 6.29. The molecule has 19 heavy (non-hydrogen) atoms. The number of amides is 1. The third-order valence-corrected chi connectivity index (χ3v) is 2.90. The highest BCUT2D eigenvalue weighted by atomic mass is 16.6. The van der Waals surface area contributed by atoms with Gasteiger partial charge in [-0.25, -0.2) is 4.79 Å². The smallest absolute Gasteiger partial charge is 0.412 e. The first kappa shape index (κ1) is 15.6. The lowest BCUT2D eigenvalue weighted by Crippen LogP contribution is -2.52. The topological polar surface area (TPSA) is 87.5 Å². The van der Waals surface area contributed by atoms with E-state index in [2.05, 4.69) is 10.0 Å². The maximum Gasteiger partial charge on any atom is 0.412 e. The van der Waals surface area contributed by atoms with Crippen LogP contribution in [0.1, 0.15) is 41.5 Å². The van der Waals surface area contributed by atoms with Crippen molar-refractivity contribution < 1.29 is 14.3 Å². The van der Waals surface area contributed by atoms with Crippen LogP contribution in [0.2, 0.25) is 0 Å². The highest BCUT2D eigenvalue weighted by Gasteiger charge is 2.47. The molecule has 0 radical (unpaired) electrons. The van der Waals surface area contributed by atoms with Crippen LogP contribution in [-0.4, -0.2) is 41.0 Å². The number of carbonyl (C=O) groups excluding carboxylic acids is 1. The Morgan fingerprint density at radius 3 is 2.63 bits per heavy atom. The predicted molar refractivity (Wildman–Crippen MR) is 70.5 cm³/mol. The Bertz CT molecular complexity index is 396. The van der Waals surface area contributed by atoms with Crippen LogP contribution in [0.3, 0.4) is 0 Å². The van der Waals surface area contributed by atoms with Gasteiger partial charge in [-0.1, -0.05) is 12.0 Å². The van der Waals surface area contributed by atoms with Crippen molar-refractivity contribution in [2.75, 3.05) is 6.61 Å². The Hall–Kier alpha value is -1.46. The van der Waals surface area contributed by atoms with Crippen molar-refractivity contribution in [2.24, 2.45) is 5.11 Å². The van der Waals surface area contributed by atoms with E-state index in [0.29, 0.717) is 6.61 Å². The molecule has 0 bridgehead atoms. The maximum atomic E-state index is 12.3. The molecule has 0 N–H and O–H groups in total. The van der Waals surface area contributed by atoms with Crippen LogP contribution >= 0.6 is 0 Å². The Labute approximate surface area is 113 Å². The van der Waals surface area contributed by atoms with Crippen molar-refractivity contribution >= 4 is 6.09 Å². The average molecular weight is 270 g/mol. The molecule has 1 saturated heterocycles. The van der Waals surface area contributed by atoms with Gasteiger partial charge < -0.3 is 9.47 Å². The molecule has 1 fully saturated rings. The molecule has 0 unspecified atom stereocenters. The molecule has 7 heteroatoms. The summed E-state index contributed by atoms with van der Waals surface area (Å²) in [5.41, 5.74) is 7.17. The van der Waals surface area contributed by atoms with E-state index in [4.69, 9.17) is 15.0 Å². The van der Waals surface area contributed by atoms with Crippen LogP contribution in [0.15, 0.2) is 5.11 Å². The molecular weight excluding hydrogens is 248 g/mol. The number of hydrogen-bond donors (Lipinski definition) is 0. The van der Waals surface area contributed by atoms with E-state index in [1.54, 1.807) is 41.5 Å². The summed E-state index contributed by atoms with van der Waals surface area (Å²) in [7, 11) is 0. The summed E-state index contributed by atoms with van der Waals surface area (Å²) >= 11 is 0. The second kappa shape index (κ2) is 5.27. The minimum Gasteiger partial charge on any atom is -0.444 e. The molecule has 0 aromatic rings. The number of ether oxygens (including phenoxy) is 2. The average Bonchev–Trinajstić information content (AvgIpc) is 2.51. The fraction of sp³-hybridized carbons (Fsp3) is 0.917. The van der Waals surface area contributed by atoms with Crippen LogP contribution in [0.5, 0.6) is 0 Å². The van der Waals surface area contributed by atoms with E-state index in [1.165, 1.54) is 4.90 Å². The van der Waals surface area contributed by atoms with Crippen molar-refractivity contribution in [3.8, 4) is 0 Å². The molecule has 1 heterocycles. The molecule has 0 spiro atoms. The first-order chi connectivity index (χ1) is 8.58. The third kappa shape index (κ3) is 3.75. The highest BCUT2D eigenvalue weighted by Crippen LogP contribution is 2.31. The highest BCUT2D eigenvalue weighted by molar-refractivity contribution is 5.70. The van der Waals surface area contributed by atoms with Gasteiger partial charge in [0.1, 0.15) is 11.3 Å². The fourth-order valence-corrected chi connectivity index (χ4v) is 2.01. The van der Waals surface area contributed by atoms with E-state index >= 15 is 0 Å². The maximum absolute atomic E-state index is 12.3. The first-order valence-electron chi connectivity index (χ1n) is 6.29. The predicted octanol–water partition coefficient (Wildman–Crippen LogP) is 3.06. The molecule has 1 amide bonds. The van der Waals surface area contributed by atoms with Gasteiger partial charge in [0.2, 0.25) is 0 Å². The molecule has 1 aliphatic heterocycles. The minimum atomic E-state index is -0.772. The van der Waals surface area contributed by atoms with Gasteiger partial charge in [0.15, 0.2) is 0 Å². The Balaban J connectivity index is 2.96. The summed E-state index contributed by atoms with van der Waals surface area (Å²) in [4.78, 5) is 16.6. The van der Waals surface area contributed by atoms with Crippen LogP contribution in [0, 0.1) is 0 Å². The number of carbonyl (C=O) groups is 1. The minimum absolute atomic E-state index is 0.319.